The van der Waals surface area contributed by atoms with Crippen LogP contribution in [0.15, 0.2) is 101 Å². The van der Waals surface area contributed by atoms with Gasteiger partial charge in [-0.1, -0.05) is 107 Å². The molecule has 0 radical (unpaired) electrons. The standard InChI is InChI=1S/C34H30OS2/c1-21(2)33-26(19-29(36-33)23-13-7-5-8-14-23)31-25-17-11-12-18-28(25)35-32(31)27-20-30(37-34(27)22(3)4)24-15-9-6-10-16-24/h5-22H,1-4H3. The Balaban J connectivity index is 1.63. The van der Waals surface area contributed by atoms with Crippen LogP contribution < -0.4 is 0 Å². The molecule has 3 heteroatoms. The summed E-state index contributed by atoms with van der Waals surface area (Å²) in [6.45, 7) is 9.15. The number of hydrogen-bond acceptors (Lipinski definition) is 3. The molecule has 3 aromatic heterocycles. The van der Waals surface area contributed by atoms with Gasteiger partial charge in [0.2, 0.25) is 0 Å². The summed E-state index contributed by atoms with van der Waals surface area (Å²) in [5.74, 6) is 1.79. The summed E-state index contributed by atoms with van der Waals surface area (Å²) in [7, 11) is 0. The number of fused-ring (bicyclic) bond motifs is 1. The van der Waals surface area contributed by atoms with Crippen molar-refractivity contribution in [3.05, 3.63) is 107 Å². The van der Waals surface area contributed by atoms with E-state index < -0.39 is 0 Å². The average molecular weight is 519 g/mol. The minimum atomic E-state index is 0.394. The summed E-state index contributed by atoms with van der Waals surface area (Å²) in [6, 6.07) is 34.6. The minimum absolute atomic E-state index is 0.394. The van der Waals surface area contributed by atoms with Crippen LogP contribution in [0.1, 0.15) is 49.3 Å². The van der Waals surface area contributed by atoms with Gasteiger partial charge in [-0.15, -0.1) is 22.7 Å². The first-order valence-corrected chi connectivity index (χ1v) is 14.5. The number of furan rings is 1. The van der Waals surface area contributed by atoms with E-state index in [1.54, 1.807) is 0 Å². The molecule has 3 aromatic carbocycles. The lowest BCUT2D eigenvalue weighted by Gasteiger charge is -2.10. The lowest BCUT2D eigenvalue weighted by atomic mass is 9.94. The lowest BCUT2D eigenvalue weighted by Crippen LogP contribution is -1.89. The average Bonchev–Trinajstić information content (AvgIpc) is 3.64. The molecule has 0 amide bonds. The van der Waals surface area contributed by atoms with Crippen LogP contribution >= 0.6 is 22.7 Å². The molecular formula is C34H30OS2. The predicted octanol–water partition coefficient (Wildman–Crippen LogP) is 11.5. The minimum Gasteiger partial charge on any atom is -0.455 e. The summed E-state index contributed by atoms with van der Waals surface area (Å²) in [4.78, 5) is 5.35. The van der Waals surface area contributed by atoms with Gasteiger partial charge in [0.05, 0.1) is 0 Å². The fraction of sp³-hybridized carbons (Fsp3) is 0.176. The summed E-state index contributed by atoms with van der Waals surface area (Å²) >= 11 is 3.79. The molecule has 37 heavy (non-hydrogen) atoms. The van der Waals surface area contributed by atoms with Crippen molar-refractivity contribution in [2.45, 2.75) is 39.5 Å². The van der Waals surface area contributed by atoms with E-state index in [1.165, 1.54) is 52.7 Å². The summed E-state index contributed by atoms with van der Waals surface area (Å²) < 4.78 is 6.74. The van der Waals surface area contributed by atoms with E-state index in [0.29, 0.717) is 11.8 Å². The lowest BCUT2D eigenvalue weighted by molar-refractivity contribution is 0.631. The van der Waals surface area contributed by atoms with E-state index in [4.69, 9.17) is 4.42 Å². The third kappa shape index (κ3) is 4.37. The van der Waals surface area contributed by atoms with Gasteiger partial charge in [-0.25, -0.2) is 0 Å². The highest BCUT2D eigenvalue weighted by Crippen LogP contribution is 2.51. The molecule has 3 heterocycles. The van der Waals surface area contributed by atoms with Crippen LogP contribution in [0.5, 0.6) is 0 Å². The number of para-hydroxylation sites is 1. The second kappa shape index (κ2) is 9.81. The first-order chi connectivity index (χ1) is 18.0. The molecular weight excluding hydrogens is 489 g/mol. The SMILES string of the molecule is CC(C)c1sc(-c2ccccc2)cc1-c1oc2ccccc2c1-c1cc(-c2ccccc2)sc1C(C)C. The zero-order valence-corrected chi connectivity index (χ0v) is 23.3. The van der Waals surface area contributed by atoms with Crippen LogP contribution in [0.3, 0.4) is 0 Å². The molecule has 0 atom stereocenters. The molecule has 1 nitrogen and oxygen atoms in total. The zero-order valence-electron chi connectivity index (χ0n) is 21.6. The molecule has 0 bridgehead atoms. The van der Waals surface area contributed by atoms with E-state index in [0.717, 1.165) is 11.3 Å². The summed E-state index contributed by atoms with van der Waals surface area (Å²) in [5.41, 5.74) is 7.19. The van der Waals surface area contributed by atoms with Crippen molar-refractivity contribution in [3.8, 4) is 43.3 Å². The fourth-order valence-corrected chi connectivity index (χ4v) is 7.37. The normalized spacial score (nSPS) is 11.7. The van der Waals surface area contributed by atoms with E-state index in [2.05, 4.69) is 125 Å². The number of hydrogen-bond donors (Lipinski definition) is 0. The van der Waals surface area contributed by atoms with Crippen molar-refractivity contribution >= 4 is 33.6 Å². The Labute approximate surface area is 227 Å². The van der Waals surface area contributed by atoms with Gasteiger partial charge in [-0.05, 0) is 41.2 Å². The Hall–Kier alpha value is -3.40. The second-order valence-corrected chi connectivity index (χ2v) is 12.3. The Morgan fingerprint density at radius 3 is 1.62 bits per heavy atom. The number of rotatable bonds is 6. The van der Waals surface area contributed by atoms with Crippen molar-refractivity contribution in [1.29, 1.82) is 0 Å². The zero-order chi connectivity index (χ0) is 25.5. The van der Waals surface area contributed by atoms with E-state index in [1.807, 2.05) is 22.7 Å². The van der Waals surface area contributed by atoms with Crippen molar-refractivity contribution in [2.75, 3.05) is 0 Å². The highest BCUT2D eigenvalue weighted by atomic mass is 32.1. The van der Waals surface area contributed by atoms with Gasteiger partial charge in [-0.3, -0.25) is 0 Å². The van der Waals surface area contributed by atoms with Crippen molar-refractivity contribution in [2.24, 2.45) is 0 Å². The van der Waals surface area contributed by atoms with E-state index in [-0.39, 0.29) is 0 Å². The monoisotopic (exact) mass is 518 g/mol. The number of benzene rings is 3. The molecule has 0 aliphatic rings. The second-order valence-electron chi connectivity index (χ2n) is 10.1. The maximum Gasteiger partial charge on any atom is 0.144 e. The molecule has 0 fully saturated rings. The van der Waals surface area contributed by atoms with Crippen molar-refractivity contribution < 1.29 is 4.42 Å². The third-order valence-electron chi connectivity index (χ3n) is 6.80. The van der Waals surface area contributed by atoms with Gasteiger partial charge < -0.3 is 4.42 Å². The maximum atomic E-state index is 6.74. The quantitative estimate of drug-likeness (QED) is 0.214. The van der Waals surface area contributed by atoms with Crippen LogP contribution in [-0.4, -0.2) is 0 Å². The molecule has 184 valence electrons. The van der Waals surface area contributed by atoms with Gasteiger partial charge in [-0.2, -0.15) is 0 Å². The summed E-state index contributed by atoms with van der Waals surface area (Å²) in [5, 5.41) is 1.18. The topological polar surface area (TPSA) is 13.1 Å². The molecule has 0 unspecified atom stereocenters. The van der Waals surface area contributed by atoms with Crippen LogP contribution in [-0.2, 0) is 0 Å². The molecule has 0 saturated heterocycles. The molecule has 0 aliphatic carbocycles. The van der Waals surface area contributed by atoms with Crippen molar-refractivity contribution in [1.82, 2.24) is 0 Å². The number of thiophene rings is 2. The fourth-order valence-electron chi connectivity index (χ4n) is 5.03. The molecule has 0 aliphatic heterocycles. The molecule has 0 spiro atoms. The highest BCUT2D eigenvalue weighted by Gasteiger charge is 2.27. The van der Waals surface area contributed by atoms with Gasteiger partial charge in [0, 0.05) is 41.6 Å². The van der Waals surface area contributed by atoms with Gasteiger partial charge in [0.25, 0.3) is 0 Å². The highest BCUT2D eigenvalue weighted by molar-refractivity contribution is 7.16. The van der Waals surface area contributed by atoms with Gasteiger partial charge in [0.15, 0.2) is 0 Å². The molecule has 6 rings (SSSR count). The van der Waals surface area contributed by atoms with Crippen LogP contribution in [0.4, 0.5) is 0 Å². The van der Waals surface area contributed by atoms with E-state index >= 15 is 0 Å². The largest absolute Gasteiger partial charge is 0.455 e. The Morgan fingerprint density at radius 1 is 0.568 bits per heavy atom. The van der Waals surface area contributed by atoms with Gasteiger partial charge in [0.1, 0.15) is 11.3 Å². The van der Waals surface area contributed by atoms with Crippen LogP contribution in [0.2, 0.25) is 0 Å². The Bertz CT molecular complexity index is 1660. The smallest absolute Gasteiger partial charge is 0.144 e. The Morgan fingerprint density at radius 2 is 1.05 bits per heavy atom. The molecule has 0 N–H and O–H groups in total. The Kier molecular flexibility index (Phi) is 6.36. The maximum absolute atomic E-state index is 6.74. The van der Waals surface area contributed by atoms with Crippen LogP contribution in [0.25, 0.3) is 54.3 Å². The first-order valence-electron chi connectivity index (χ1n) is 12.9. The molecule has 6 aromatic rings. The predicted molar refractivity (Wildman–Crippen MR) is 162 cm³/mol. The van der Waals surface area contributed by atoms with E-state index in [9.17, 15) is 0 Å². The van der Waals surface area contributed by atoms with Crippen LogP contribution in [0, 0.1) is 0 Å². The first kappa shape index (κ1) is 24.0. The van der Waals surface area contributed by atoms with Gasteiger partial charge >= 0.3 is 0 Å². The third-order valence-corrected chi connectivity index (χ3v) is 9.77. The molecule has 0 saturated carbocycles. The van der Waals surface area contributed by atoms with Crippen molar-refractivity contribution in [3.63, 3.8) is 0 Å². The summed E-state index contributed by atoms with van der Waals surface area (Å²) in [6.07, 6.45) is 0.